The maximum Gasteiger partial charge on any atom is 0.268 e. The number of rotatable bonds is 5. The third kappa shape index (κ3) is 3.96. The fourth-order valence-electron chi connectivity index (χ4n) is 4.71. The van der Waals surface area contributed by atoms with Crippen LogP contribution in [0.3, 0.4) is 0 Å². The van der Waals surface area contributed by atoms with E-state index in [2.05, 4.69) is 10.3 Å². The zero-order chi connectivity index (χ0) is 24.0. The number of benzene rings is 2. The molecule has 1 aliphatic rings. The summed E-state index contributed by atoms with van der Waals surface area (Å²) in [5.41, 5.74) is 9.31. The van der Waals surface area contributed by atoms with E-state index in [1.54, 1.807) is 43.5 Å². The molecule has 5 rings (SSSR count). The Hall–Kier alpha value is -2.94. The smallest absolute Gasteiger partial charge is 0.268 e. The highest BCUT2D eigenvalue weighted by Crippen LogP contribution is 2.39. The number of nitrogens with two attached hydrogens (primary N) is 1. The van der Waals surface area contributed by atoms with Gasteiger partial charge < -0.3 is 11.1 Å². The molecule has 2 aromatic carbocycles. The quantitative estimate of drug-likeness (QED) is 0.408. The van der Waals surface area contributed by atoms with Crippen LogP contribution in [-0.4, -0.2) is 34.4 Å². The monoisotopic (exact) mass is 495 g/mol. The Morgan fingerprint density at radius 3 is 2.53 bits per heavy atom. The van der Waals surface area contributed by atoms with Crippen molar-refractivity contribution < 1.29 is 8.42 Å². The number of aromatic nitrogens is 3. The van der Waals surface area contributed by atoms with E-state index in [-0.39, 0.29) is 17.0 Å². The van der Waals surface area contributed by atoms with E-state index in [0.29, 0.717) is 33.4 Å². The van der Waals surface area contributed by atoms with Crippen LogP contribution in [0.5, 0.6) is 0 Å². The molecule has 176 valence electrons. The molecular formula is C25H26ClN5O2S. The van der Waals surface area contributed by atoms with E-state index in [1.165, 1.54) is 3.97 Å². The molecule has 0 spiro atoms. The van der Waals surface area contributed by atoms with E-state index >= 15 is 0 Å². The second-order valence-electron chi connectivity index (χ2n) is 8.86. The zero-order valence-electron chi connectivity index (χ0n) is 19.0. The molecule has 1 saturated carbocycles. The van der Waals surface area contributed by atoms with Gasteiger partial charge in [0.2, 0.25) is 5.95 Å². The second kappa shape index (κ2) is 8.69. The minimum atomic E-state index is -3.85. The summed E-state index contributed by atoms with van der Waals surface area (Å²) in [6.07, 6.45) is 4.33. The van der Waals surface area contributed by atoms with E-state index in [1.807, 2.05) is 25.1 Å². The van der Waals surface area contributed by atoms with E-state index in [0.717, 1.165) is 30.2 Å². The molecule has 2 aromatic heterocycles. The number of nitrogens with one attached hydrogen (secondary N) is 1. The average molecular weight is 496 g/mol. The summed E-state index contributed by atoms with van der Waals surface area (Å²) in [6, 6.07) is 14.6. The van der Waals surface area contributed by atoms with E-state index in [9.17, 15) is 8.42 Å². The number of halogens is 1. The average Bonchev–Trinajstić information content (AvgIpc) is 3.35. The molecular weight excluding hydrogens is 470 g/mol. The molecule has 34 heavy (non-hydrogen) atoms. The van der Waals surface area contributed by atoms with Gasteiger partial charge in [-0.2, -0.15) is 0 Å². The van der Waals surface area contributed by atoms with Crippen LogP contribution in [0.25, 0.3) is 22.2 Å². The van der Waals surface area contributed by atoms with Crippen LogP contribution >= 0.6 is 11.6 Å². The Bertz CT molecular complexity index is 1480. The fraction of sp³-hybridized carbons (Fsp3) is 0.280. The molecule has 1 fully saturated rings. The van der Waals surface area contributed by atoms with E-state index in [4.69, 9.17) is 22.3 Å². The summed E-state index contributed by atoms with van der Waals surface area (Å²) in [4.78, 5) is 9.30. The van der Waals surface area contributed by atoms with Gasteiger partial charge in [-0.25, -0.2) is 22.4 Å². The first kappa shape index (κ1) is 22.8. The Morgan fingerprint density at radius 2 is 1.82 bits per heavy atom. The Balaban J connectivity index is 1.67. The second-order valence-corrected chi connectivity index (χ2v) is 11.1. The number of aryl methyl sites for hydroxylation is 1. The highest BCUT2D eigenvalue weighted by molar-refractivity contribution is 7.90. The normalized spacial score (nSPS) is 18.5. The van der Waals surface area contributed by atoms with Gasteiger partial charge >= 0.3 is 0 Å². The van der Waals surface area contributed by atoms with Crippen molar-refractivity contribution in [1.82, 2.24) is 13.9 Å². The third-order valence-corrected chi connectivity index (χ3v) is 8.50. The molecule has 1 unspecified atom stereocenters. The minimum absolute atomic E-state index is 0.177. The van der Waals surface area contributed by atoms with Crippen LogP contribution in [0.1, 0.15) is 30.5 Å². The van der Waals surface area contributed by atoms with Crippen molar-refractivity contribution in [1.29, 1.82) is 0 Å². The van der Waals surface area contributed by atoms with Crippen LogP contribution in [0.4, 0.5) is 5.95 Å². The molecule has 0 aliphatic heterocycles. The summed E-state index contributed by atoms with van der Waals surface area (Å²) in [5.74, 6) is 0.455. The maximum absolute atomic E-state index is 13.7. The van der Waals surface area contributed by atoms with Crippen molar-refractivity contribution in [3.63, 3.8) is 0 Å². The summed E-state index contributed by atoms with van der Waals surface area (Å²) < 4.78 is 28.8. The van der Waals surface area contributed by atoms with Crippen molar-refractivity contribution in [2.75, 3.05) is 5.32 Å². The Morgan fingerprint density at radius 1 is 1.09 bits per heavy atom. The van der Waals surface area contributed by atoms with Gasteiger partial charge in [-0.05, 0) is 51.3 Å². The number of hydrogen-bond donors (Lipinski definition) is 2. The summed E-state index contributed by atoms with van der Waals surface area (Å²) in [5, 5.41) is 4.47. The lowest BCUT2D eigenvalue weighted by atomic mass is 10.1. The maximum atomic E-state index is 13.7. The van der Waals surface area contributed by atoms with Gasteiger partial charge in [0.15, 0.2) is 0 Å². The van der Waals surface area contributed by atoms with Gasteiger partial charge in [0.05, 0.1) is 27.3 Å². The molecule has 1 aliphatic carbocycles. The van der Waals surface area contributed by atoms with Crippen molar-refractivity contribution in [2.24, 2.45) is 5.73 Å². The zero-order valence-corrected chi connectivity index (χ0v) is 20.6. The first-order valence-corrected chi connectivity index (χ1v) is 13.0. The fourth-order valence-corrected chi connectivity index (χ4v) is 6.45. The lowest BCUT2D eigenvalue weighted by Crippen LogP contribution is -2.21. The van der Waals surface area contributed by atoms with Crippen molar-refractivity contribution >= 4 is 38.5 Å². The first-order chi connectivity index (χ1) is 16.3. The highest BCUT2D eigenvalue weighted by atomic mass is 35.5. The van der Waals surface area contributed by atoms with Gasteiger partial charge in [0.1, 0.15) is 0 Å². The van der Waals surface area contributed by atoms with Crippen LogP contribution in [-0.2, 0) is 10.0 Å². The SMILES string of the molecule is Cc1ccc(S(=O)(=O)n2c(C)c(-c3nc(NC4CC[C@@H](N)C4)ncc3Cl)c3ccccc32)cc1. The largest absolute Gasteiger partial charge is 0.351 e. The van der Waals surface area contributed by atoms with Gasteiger partial charge in [-0.15, -0.1) is 0 Å². The summed E-state index contributed by atoms with van der Waals surface area (Å²) in [7, 11) is -3.85. The minimum Gasteiger partial charge on any atom is -0.351 e. The molecule has 4 aromatic rings. The number of hydrogen-bond acceptors (Lipinski definition) is 6. The molecule has 9 heteroatoms. The Kier molecular flexibility index (Phi) is 5.83. The van der Waals surface area contributed by atoms with Crippen molar-refractivity contribution in [2.45, 2.75) is 50.1 Å². The lowest BCUT2D eigenvalue weighted by molar-refractivity contribution is 0.588. The molecule has 2 heterocycles. The van der Waals surface area contributed by atoms with Gasteiger partial charge in [-0.3, -0.25) is 0 Å². The van der Waals surface area contributed by atoms with Crippen LogP contribution in [0.15, 0.2) is 59.6 Å². The van der Waals surface area contributed by atoms with E-state index < -0.39 is 10.0 Å². The molecule has 0 amide bonds. The topological polar surface area (TPSA) is 103 Å². The standard InChI is InChI=1S/C25H26ClN5O2S/c1-15-7-11-19(12-8-15)34(32,33)31-16(2)23(20-5-3-4-6-22(20)31)24-21(26)14-28-25(30-24)29-18-10-9-17(27)13-18/h3-8,11-12,14,17-18H,9-10,13,27H2,1-2H3,(H,28,29,30)/t17-,18?/m1/s1. The van der Waals surface area contributed by atoms with Gasteiger partial charge in [-0.1, -0.05) is 47.5 Å². The third-order valence-electron chi connectivity index (χ3n) is 6.41. The molecule has 2 atom stereocenters. The van der Waals surface area contributed by atoms with Crippen molar-refractivity contribution in [3.8, 4) is 11.3 Å². The lowest BCUT2D eigenvalue weighted by Gasteiger charge is -2.14. The van der Waals surface area contributed by atoms with Crippen molar-refractivity contribution in [3.05, 3.63) is 71.0 Å². The number of fused-ring (bicyclic) bond motifs is 1. The molecule has 0 radical (unpaired) electrons. The molecule has 3 N–H and O–H groups in total. The number of para-hydroxylation sites is 1. The summed E-state index contributed by atoms with van der Waals surface area (Å²) in [6.45, 7) is 3.70. The van der Waals surface area contributed by atoms with Crippen LogP contribution in [0.2, 0.25) is 5.02 Å². The highest BCUT2D eigenvalue weighted by Gasteiger charge is 2.28. The van der Waals surface area contributed by atoms with Crippen LogP contribution in [0, 0.1) is 13.8 Å². The molecule has 0 bridgehead atoms. The summed E-state index contributed by atoms with van der Waals surface area (Å²) >= 11 is 6.57. The number of anilines is 1. The van der Waals surface area contributed by atoms with Gasteiger partial charge in [0, 0.05) is 28.7 Å². The Labute approximate surface area is 204 Å². The number of nitrogens with zero attached hydrogens (tertiary/aromatic N) is 3. The molecule has 7 nitrogen and oxygen atoms in total. The predicted molar refractivity (Wildman–Crippen MR) is 136 cm³/mol. The first-order valence-electron chi connectivity index (χ1n) is 11.2. The molecule has 0 saturated heterocycles. The van der Waals surface area contributed by atoms with Gasteiger partial charge in [0.25, 0.3) is 10.0 Å². The predicted octanol–water partition coefficient (Wildman–Crippen LogP) is 4.90. The van der Waals surface area contributed by atoms with Crippen LogP contribution < -0.4 is 11.1 Å².